The fourth-order valence-electron chi connectivity index (χ4n) is 1.72. The van der Waals surface area contributed by atoms with E-state index < -0.39 is 0 Å². The topological polar surface area (TPSA) is 38.9 Å². The molecule has 3 aromatic rings. The van der Waals surface area contributed by atoms with Crippen molar-refractivity contribution in [3.05, 3.63) is 48.5 Å². The molecule has 0 N–H and O–H groups in total. The zero-order chi connectivity index (χ0) is 11.0. The molecule has 16 heavy (non-hydrogen) atoms. The largest absolute Gasteiger partial charge is 0.439 e. The molecule has 2 aromatic heterocycles. The van der Waals surface area contributed by atoms with Crippen LogP contribution in [0.5, 0.6) is 0 Å². The molecule has 0 aliphatic rings. The van der Waals surface area contributed by atoms with E-state index in [0.717, 1.165) is 22.4 Å². The average molecular weight is 210 g/mol. The number of oxazole rings is 1. The van der Waals surface area contributed by atoms with Crippen molar-refractivity contribution >= 4 is 11.1 Å². The molecule has 0 amide bonds. The van der Waals surface area contributed by atoms with Gasteiger partial charge in [0.1, 0.15) is 5.52 Å². The van der Waals surface area contributed by atoms with Crippen LogP contribution in [0.1, 0.15) is 5.89 Å². The summed E-state index contributed by atoms with van der Waals surface area (Å²) in [5.41, 5.74) is 3.59. The van der Waals surface area contributed by atoms with E-state index in [1.54, 1.807) is 6.20 Å². The SMILES string of the molecule is Cc1nc2cc(-c3ccccc3)ncc2o1. The Morgan fingerprint density at radius 1 is 1.12 bits per heavy atom. The Balaban J connectivity index is 2.18. The van der Waals surface area contributed by atoms with Crippen LogP contribution in [0.3, 0.4) is 0 Å². The van der Waals surface area contributed by atoms with Crippen molar-refractivity contribution in [1.29, 1.82) is 0 Å². The van der Waals surface area contributed by atoms with Crippen molar-refractivity contribution in [3.63, 3.8) is 0 Å². The normalized spacial score (nSPS) is 10.8. The van der Waals surface area contributed by atoms with Crippen LogP contribution in [-0.4, -0.2) is 9.97 Å². The average Bonchev–Trinajstić information content (AvgIpc) is 2.69. The first-order valence-corrected chi connectivity index (χ1v) is 5.11. The molecule has 0 unspecified atom stereocenters. The molecule has 0 aliphatic carbocycles. The first-order chi connectivity index (χ1) is 7.83. The minimum atomic E-state index is 0.669. The van der Waals surface area contributed by atoms with E-state index in [9.17, 15) is 0 Å². The highest BCUT2D eigenvalue weighted by atomic mass is 16.3. The fraction of sp³-hybridized carbons (Fsp3) is 0.0769. The van der Waals surface area contributed by atoms with Crippen LogP contribution in [0, 0.1) is 6.92 Å². The Hall–Kier alpha value is -2.16. The van der Waals surface area contributed by atoms with E-state index in [0.29, 0.717) is 5.89 Å². The summed E-state index contributed by atoms with van der Waals surface area (Å²) in [6.07, 6.45) is 1.72. The summed E-state index contributed by atoms with van der Waals surface area (Å²) >= 11 is 0. The number of nitrogens with zero attached hydrogens (tertiary/aromatic N) is 2. The highest BCUT2D eigenvalue weighted by Crippen LogP contribution is 2.21. The Labute approximate surface area is 92.8 Å². The van der Waals surface area contributed by atoms with Gasteiger partial charge in [-0.1, -0.05) is 30.3 Å². The van der Waals surface area contributed by atoms with Crippen LogP contribution in [0.2, 0.25) is 0 Å². The molecule has 3 heteroatoms. The molecule has 0 saturated carbocycles. The number of fused-ring (bicyclic) bond motifs is 1. The van der Waals surface area contributed by atoms with Gasteiger partial charge in [-0.3, -0.25) is 4.98 Å². The third-order valence-corrected chi connectivity index (χ3v) is 2.45. The third kappa shape index (κ3) is 1.46. The molecule has 0 bridgehead atoms. The lowest BCUT2D eigenvalue weighted by Crippen LogP contribution is -1.82. The minimum absolute atomic E-state index is 0.669. The third-order valence-electron chi connectivity index (χ3n) is 2.45. The van der Waals surface area contributed by atoms with E-state index in [-0.39, 0.29) is 0 Å². The van der Waals surface area contributed by atoms with Gasteiger partial charge in [-0.15, -0.1) is 0 Å². The molecular weight excluding hydrogens is 200 g/mol. The zero-order valence-corrected chi connectivity index (χ0v) is 8.84. The summed E-state index contributed by atoms with van der Waals surface area (Å²) in [6.45, 7) is 1.84. The maximum atomic E-state index is 5.39. The highest BCUT2D eigenvalue weighted by molar-refractivity contribution is 5.77. The summed E-state index contributed by atoms with van der Waals surface area (Å²) < 4.78 is 5.39. The molecule has 2 heterocycles. The van der Waals surface area contributed by atoms with Crippen LogP contribution in [-0.2, 0) is 0 Å². The van der Waals surface area contributed by atoms with E-state index in [1.807, 2.05) is 43.3 Å². The predicted octanol–water partition coefficient (Wildman–Crippen LogP) is 3.20. The summed E-state index contributed by atoms with van der Waals surface area (Å²) in [4.78, 5) is 8.65. The van der Waals surface area contributed by atoms with Gasteiger partial charge in [-0.05, 0) is 6.07 Å². The minimum Gasteiger partial charge on any atom is -0.439 e. The van der Waals surface area contributed by atoms with Gasteiger partial charge in [-0.25, -0.2) is 4.98 Å². The first-order valence-electron chi connectivity index (χ1n) is 5.11. The van der Waals surface area contributed by atoms with Crippen LogP contribution < -0.4 is 0 Å². The number of aromatic nitrogens is 2. The van der Waals surface area contributed by atoms with Crippen LogP contribution in [0.4, 0.5) is 0 Å². The van der Waals surface area contributed by atoms with Crippen molar-refractivity contribution in [2.45, 2.75) is 6.92 Å². The monoisotopic (exact) mass is 210 g/mol. The van der Waals surface area contributed by atoms with E-state index in [2.05, 4.69) is 9.97 Å². The second kappa shape index (κ2) is 3.45. The zero-order valence-electron chi connectivity index (χ0n) is 8.84. The summed E-state index contributed by atoms with van der Waals surface area (Å²) in [5.74, 6) is 0.669. The highest BCUT2D eigenvalue weighted by Gasteiger charge is 2.05. The number of benzene rings is 1. The first kappa shape index (κ1) is 9.09. The smallest absolute Gasteiger partial charge is 0.192 e. The van der Waals surface area contributed by atoms with Crippen LogP contribution >= 0.6 is 0 Å². The van der Waals surface area contributed by atoms with Crippen LogP contribution in [0.25, 0.3) is 22.4 Å². The maximum Gasteiger partial charge on any atom is 0.192 e. The number of hydrogen-bond donors (Lipinski definition) is 0. The Kier molecular flexibility index (Phi) is 1.96. The molecule has 3 rings (SSSR count). The Morgan fingerprint density at radius 2 is 1.94 bits per heavy atom. The summed E-state index contributed by atoms with van der Waals surface area (Å²) in [6, 6.07) is 12.0. The van der Waals surface area contributed by atoms with Gasteiger partial charge in [0.15, 0.2) is 11.5 Å². The van der Waals surface area contributed by atoms with Gasteiger partial charge in [0.2, 0.25) is 0 Å². The molecule has 0 saturated heterocycles. The molecule has 0 atom stereocenters. The van der Waals surface area contributed by atoms with Gasteiger partial charge >= 0.3 is 0 Å². The molecule has 1 aromatic carbocycles. The summed E-state index contributed by atoms with van der Waals surface area (Å²) in [7, 11) is 0. The molecule has 78 valence electrons. The van der Waals surface area contributed by atoms with Gasteiger partial charge in [0.05, 0.1) is 11.9 Å². The lowest BCUT2D eigenvalue weighted by molar-refractivity contribution is 0.560. The van der Waals surface area contributed by atoms with Crippen LogP contribution in [0.15, 0.2) is 47.0 Å². The lowest BCUT2D eigenvalue weighted by Gasteiger charge is -1.98. The quantitative estimate of drug-likeness (QED) is 0.619. The van der Waals surface area contributed by atoms with E-state index in [1.165, 1.54) is 0 Å². The molecule has 3 nitrogen and oxygen atoms in total. The van der Waals surface area contributed by atoms with Crippen molar-refractivity contribution in [2.75, 3.05) is 0 Å². The molecule has 0 fully saturated rings. The molecule has 0 radical (unpaired) electrons. The Morgan fingerprint density at radius 3 is 2.75 bits per heavy atom. The number of hydrogen-bond acceptors (Lipinski definition) is 3. The van der Waals surface area contributed by atoms with E-state index in [4.69, 9.17) is 4.42 Å². The lowest BCUT2D eigenvalue weighted by atomic mass is 10.1. The van der Waals surface area contributed by atoms with Gasteiger partial charge in [-0.2, -0.15) is 0 Å². The van der Waals surface area contributed by atoms with Gasteiger partial charge in [0.25, 0.3) is 0 Å². The Bertz CT molecular complexity index is 629. The number of rotatable bonds is 1. The second-order valence-corrected chi connectivity index (χ2v) is 3.64. The molecular formula is C13H10N2O. The predicted molar refractivity (Wildman–Crippen MR) is 62.0 cm³/mol. The van der Waals surface area contributed by atoms with Crippen molar-refractivity contribution in [2.24, 2.45) is 0 Å². The maximum absolute atomic E-state index is 5.39. The summed E-state index contributed by atoms with van der Waals surface area (Å²) in [5, 5.41) is 0. The van der Waals surface area contributed by atoms with Crippen molar-refractivity contribution < 1.29 is 4.42 Å². The second-order valence-electron chi connectivity index (χ2n) is 3.64. The molecule has 0 spiro atoms. The van der Waals surface area contributed by atoms with Gasteiger partial charge in [0, 0.05) is 12.5 Å². The standard InChI is InChI=1S/C13H10N2O/c1-9-15-12-7-11(14-8-13(12)16-9)10-5-3-2-4-6-10/h2-8H,1H3. The van der Waals surface area contributed by atoms with Crippen molar-refractivity contribution in [1.82, 2.24) is 9.97 Å². The molecule has 0 aliphatic heterocycles. The number of pyridine rings is 1. The number of aryl methyl sites for hydroxylation is 1. The fourth-order valence-corrected chi connectivity index (χ4v) is 1.72. The van der Waals surface area contributed by atoms with Gasteiger partial charge < -0.3 is 4.42 Å². The van der Waals surface area contributed by atoms with Crippen molar-refractivity contribution in [3.8, 4) is 11.3 Å². The van der Waals surface area contributed by atoms with E-state index >= 15 is 0 Å².